The number of aromatic nitrogens is 1. The Balaban J connectivity index is 2.74. The van der Waals surface area contributed by atoms with Crippen molar-refractivity contribution in [3.63, 3.8) is 0 Å². The third-order valence-electron chi connectivity index (χ3n) is 3.38. The Kier molecular flexibility index (Phi) is 5.87. The number of ether oxygens (including phenoxy) is 1. The first kappa shape index (κ1) is 18.6. The zero-order valence-corrected chi connectivity index (χ0v) is 15.0. The lowest BCUT2D eigenvalue weighted by Gasteiger charge is -2.15. The topological polar surface area (TPSA) is 113 Å². The number of methoxy groups -OCH3 is 1. The van der Waals surface area contributed by atoms with Gasteiger partial charge in [-0.05, 0) is 13.0 Å². The van der Waals surface area contributed by atoms with E-state index in [0.29, 0.717) is 16.1 Å². The van der Waals surface area contributed by atoms with Gasteiger partial charge in [0.05, 0.1) is 12.7 Å². The van der Waals surface area contributed by atoms with Gasteiger partial charge < -0.3 is 10.5 Å². The van der Waals surface area contributed by atoms with Crippen molar-refractivity contribution in [3.05, 3.63) is 40.4 Å². The lowest BCUT2D eigenvalue weighted by molar-refractivity contribution is -0.139. The summed E-state index contributed by atoms with van der Waals surface area (Å²) >= 11 is 7.27. The first-order valence-corrected chi connectivity index (χ1v) is 8.33. The van der Waals surface area contributed by atoms with Crippen LogP contribution in [0.2, 0.25) is 5.02 Å². The van der Waals surface area contributed by atoms with E-state index in [0.717, 1.165) is 11.8 Å². The van der Waals surface area contributed by atoms with Crippen molar-refractivity contribution in [2.45, 2.75) is 17.2 Å². The molecule has 0 spiro atoms. The number of nitrogens with two attached hydrogens (primary N) is 1. The summed E-state index contributed by atoms with van der Waals surface area (Å²) in [6, 6.07) is 10.9. The summed E-state index contributed by atoms with van der Waals surface area (Å²) < 4.78 is 4.69. The van der Waals surface area contributed by atoms with E-state index in [1.807, 2.05) is 6.07 Å². The van der Waals surface area contributed by atoms with Gasteiger partial charge in [0.25, 0.3) is 0 Å². The Hall–Kier alpha value is -2.74. The summed E-state index contributed by atoms with van der Waals surface area (Å²) in [6.07, 6.45) is 0. The number of rotatable bonds is 4. The van der Waals surface area contributed by atoms with Crippen LogP contribution in [0.4, 0.5) is 5.82 Å². The quantitative estimate of drug-likeness (QED) is 0.646. The number of thioether (sulfide) groups is 1. The average molecular weight is 373 g/mol. The molecule has 1 unspecified atom stereocenters. The third kappa shape index (κ3) is 3.69. The van der Waals surface area contributed by atoms with Crippen molar-refractivity contribution < 1.29 is 9.53 Å². The van der Waals surface area contributed by atoms with E-state index in [9.17, 15) is 15.3 Å². The lowest BCUT2D eigenvalue weighted by atomic mass is 9.97. The van der Waals surface area contributed by atoms with Crippen LogP contribution < -0.4 is 5.73 Å². The van der Waals surface area contributed by atoms with Crippen molar-refractivity contribution in [2.24, 2.45) is 0 Å². The molecule has 1 aromatic heterocycles. The van der Waals surface area contributed by atoms with Crippen molar-refractivity contribution in [1.82, 2.24) is 4.98 Å². The summed E-state index contributed by atoms with van der Waals surface area (Å²) in [5, 5.41) is 19.1. The molecular formula is C17H13ClN4O2S. The second kappa shape index (κ2) is 7.89. The van der Waals surface area contributed by atoms with Crippen LogP contribution in [0.1, 0.15) is 18.1 Å². The summed E-state index contributed by atoms with van der Waals surface area (Å²) in [6.45, 7) is 1.63. The van der Waals surface area contributed by atoms with E-state index in [4.69, 9.17) is 22.1 Å². The maximum absolute atomic E-state index is 11.7. The number of esters is 1. The summed E-state index contributed by atoms with van der Waals surface area (Å²) in [4.78, 5) is 15.8. The molecule has 2 N–H and O–H groups in total. The molecule has 0 amide bonds. The molecular weight excluding hydrogens is 360 g/mol. The Morgan fingerprint density at radius 1 is 1.32 bits per heavy atom. The minimum atomic E-state index is -0.601. The Bertz CT molecular complexity index is 918. The van der Waals surface area contributed by atoms with Gasteiger partial charge >= 0.3 is 5.97 Å². The highest BCUT2D eigenvalue weighted by Crippen LogP contribution is 2.39. The van der Waals surface area contributed by atoms with E-state index in [2.05, 4.69) is 11.1 Å². The first-order chi connectivity index (χ1) is 11.9. The van der Waals surface area contributed by atoms with Crippen LogP contribution in [0.25, 0.3) is 11.1 Å². The molecule has 2 rings (SSSR count). The molecule has 0 saturated heterocycles. The summed E-state index contributed by atoms with van der Waals surface area (Å²) in [5.41, 5.74) is 6.93. The van der Waals surface area contributed by atoms with Crippen molar-refractivity contribution in [1.29, 1.82) is 10.5 Å². The van der Waals surface area contributed by atoms with Crippen LogP contribution in [0.15, 0.2) is 29.3 Å². The number of benzene rings is 1. The number of hydrogen-bond acceptors (Lipinski definition) is 7. The number of anilines is 1. The molecule has 1 atom stereocenters. The fraction of sp³-hybridized carbons (Fsp3) is 0.176. The van der Waals surface area contributed by atoms with E-state index in [-0.39, 0.29) is 22.0 Å². The molecule has 25 heavy (non-hydrogen) atoms. The Morgan fingerprint density at radius 2 is 1.96 bits per heavy atom. The molecule has 0 bridgehead atoms. The largest absolute Gasteiger partial charge is 0.468 e. The van der Waals surface area contributed by atoms with E-state index >= 15 is 0 Å². The number of hydrogen-bond donors (Lipinski definition) is 1. The molecule has 6 nitrogen and oxygen atoms in total. The minimum Gasteiger partial charge on any atom is -0.468 e. The normalized spacial score (nSPS) is 11.2. The number of nitriles is 2. The number of carbonyl (C=O) groups excluding carboxylic acids is 1. The summed E-state index contributed by atoms with van der Waals surface area (Å²) in [7, 11) is 1.28. The third-order valence-corrected chi connectivity index (χ3v) is 4.77. The second-order valence-electron chi connectivity index (χ2n) is 4.91. The van der Waals surface area contributed by atoms with Crippen LogP contribution in [0.3, 0.4) is 0 Å². The SMILES string of the molecule is COC(=O)C(C)Sc1nc(N)c(C#N)c(-c2ccccc2Cl)c1C#N. The van der Waals surface area contributed by atoms with E-state index in [1.165, 1.54) is 7.11 Å². The maximum atomic E-state index is 11.7. The Labute approximate surface area is 154 Å². The number of carbonyl (C=O) groups is 1. The molecule has 0 radical (unpaired) electrons. The van der Waals surface area contributed by atoms with Gasteiger partial charge in [-0.3, -0.25) is 4.79 Å². The number of halogens is 1. The Morgan fingerprint density at radius 3 is 2.52 bits per heavy atom. The van der Waals surface area contributed by atoms with E-state index < -0.39 is 11.2 Å². The highest BCUT2D eigenvalue weighted by molar-refractivity contribution is 8.00. The van der Waals surface area contributed by atoms with Crippen molar-refractivity contribution >= 4 is 35.1 Å². The fourth-order valence-corrected chi connectivity index (χ4v) is 3.37. The highest BCUT2D eigenvalue weighted by atomic mass is 35.5. The van der Waals surface area contributed by atoms with Crippen LogP contribution in [0, 0.1) is 22.7 Å². The lowest BCUT2D eigenvalue weighted by Crippen LogP contribution is -2.15. The molecule has 0 aliphatic heterocycles. The molecule has 1 aromatic carbocycles. The number of nitrogen functional groups attached to an aromatic ring is 1. The number of pyridine rings is 1. The number of nitrogens with zero attached hydrogens (tertiary/aromatic N) is 3. The average Bonchev–Trinajstić information content (AvgIpc) is 2.61. The standard InChI is InChI=1S/C17H13ClN4O2S/c1-9(17(23)24-2)25-16-12(8-20)14(11(7-19)15(21)22-16)10-5-3-4-6-13(10)18/h3-6,9H,1-2H3,(H2,21,22). The molecule has 0 aliphatic rings. The molecule has 126 valence electrons. The van der Waals surface area contributed by atoms with Gasteiger partial charge in [-0.15, -0.1) is 0 Å². The minimum absolute atomic E-state index is 0.0315. The van der Waals surface area contributed by atoms with Crippen LogP contribution in [-0.2, 0) is 9.53 Å². The monoisotopic (exact) mass is 372 g/mol. The van der Waals surface area contributed by atoms with Gasteiger partial charge in [0.1, 0.15) is 33.8 Å². The van der Waals surface area contributed by atoms with Crippen LogP contribution in [0.5, 0.6) is 0 Å². The fourth-order valence-electron chi connectivity index (χ4n) is 2.20. The van der Waals surface area contributed by atoms with Gasteiger partial charge in [-0.1, -0.05) is 41.6 Å². The van der Waals surface area contributed by atoms with E-state index in [1.54, 1.807) is 31.2 Å². The molecule has 2 aromatic rings. The van der Waals surface area contributed by atoms with Gasteiger partial charge in [-0.2, -0.15) is 10.5 Å². The van der Waals surface area contributed by atoms with Gasteiger partial charge in [0.15, 0.2) is 0 Å². The maximum Gasteiger partial charge on any atom is 0.318 e. The molecule has 0 saturated carbocycles. The predicted octanol–water partition coefficient (Wildman–Crippen LogP) is 3.38. The van der Waals surface area contributed by atoms with Crippen molar-refractivity contribution in [2.75, 3.05) is 12.8 Å². The molecule has 0 aliphatic carbocycles. The molecule has 8 heteroatoms. The van der Waals surface area contributed by atoms with Gasteiger partial charge in [0, 0.05) is 16.1 Å². The first-order valence-electron chi connectivity index (χ1n) is 7.07. The predicted molar refractivity (Wildman–Crippen MR) is 95.9 cm³/mol. The highest BCUT2D eigenvalue weighted by Gasteiger charge is 2.25. The summed E-state index contributed by atoms with van der Waals surface area (Å²) in [5.74, 6) is -0.492. The zero-order chi connectivity index (χ0) is 18.6. The van der Waals surface area contributed by atoms with Crippen LogP contribution in [-0.4, -0.2) is 23.3 Å². The second-order valence-corrected chi connectivity index (χ2v) is 6.65. The van der Waals surface area contributed by atoms with Gasteiger partial charge in [0.2, 0.25) is 0 Å². The molecule has 0 fully saturated rings. The smallest absolute Gasteiger partial charge is 0.318 e. The molecule has 1 heterocycles. The van der Waals surface area contributed by atoms with Crippen molar-refractivity contribution in [3.8, 4) is 23.3 Å². The zero-order valence-electron chi connectivity index (χ0n) is 13.4. The van der Waals surface area contributed by atoms with Gasteiger partial charge in [-0.25, -0.2) is 4.98 Å². The van der Waals surface area contributed by atoms with Crippen LogP contribution >= 0.6 is 23.4 Å².